The van der Waals surface area contributed by atoms with Gasteiger partial charge in [-0.2, -0.15) is 0 Å². The number of rotatable bonds is 4. The molecule has 4 nitrogen and oxygen atoms in total. The van der Waals surface area contributed by atoms with E-state index in [9.17, 15) is 9.59 Å². The Balaban J connectivity index is 2.55. The molecule has 16 heavy (non-hydrogen) atoms. The van der Waals surface area contributed by atoms with Crippen molar-refractivity contribution in [3.63, 3.8) is 0 Å². The Morgan fingerprint density at radius 3 is 2.62 bits per heavy atom. The van der Waals surface area contributed by atoms with Crippen LogP contribution < -0.4 is 0 Å². The molecule has 1 aliphatic rings. The molecular formula is C12H21NO3. The number of unbranched alkanes of at least 4 members (excludes halogenated alkanes) is 1. The van der Waals surface area contributed by atoms with Gasteiger partial charge in [-0.15, -0.1) is 0 Å². The van der Waals surface area contributed by atoms with Crippen molar-refractivity contribution in [1.29, 1.82) is 0 Å². The predicted molar refractivity (Wildman–Crippen MR) is 61.1 cm³/mol. The maximum atomic E-state index is 11.9. The first kappa shape index (κ1) is 13.0. The van der Waals surface area contributed by atoms with E-state index in [-0.39, 0.29) is 17.9 Å². The number of carbonyl (C=O) groups is 2. The van der Waals surface area contributed by atoms with E-state index in [1.54, 1.807) is 4.90 Å². The van der Waals surface area contributed by atoms with E-state index in [1.807, 2.05) is 13.8 Å². The molecule has 0 aromatic heterocycles. The van der Waals surface area contributed by atoms with Gasteiger partial charge >= 0.3 is 5.97 Å². The van der Waals surface area contributed by atoms with E-state index in [2.05, 4.69) is 0 Å². The summed E-state index contributed by atoms with van der Waals surface area (Å²) >= 11 is 0. The van der Waals surface area contributed by atoms with Crippen LogP contribution in [0.5, 0.6) is 0 Å². The van der Waals surface area contributed by atoms with Crippen LogP contribution in [0.2, 0.25) is 0 Å². The summed E-state index contributed by atoms with van der Waals surface area (Å²) in [6, 6.07) is 0.194. The van der Waals surface area contributed by atoms with Gasteiger partial charge < -0.3 is 10.0 Å². The molecule has 1 rings (SSSR count). The molecule has 1 amide bonds. The summed E-state index contributed by atoms with van der Waals surface area (Å²) in [6.45, 7) is 4.44. The first-order valence-corrected chi connectivity index (χ1v) is 6.08. The molecule has 2 unspecified atom stereocenters. The van der Waals surface area contributed by atoms with Gasteiger partial charge in [-0.3, -0.25) is 9.59 Å². The Kier molecular flexibility index (Phi) is 4.77. The van der Waals surface area contributed by atoms with Gasteiger partial charge in [-0.25, -0.2) is 0 Å². The van der Waals surface area contributed by atoms with Gasteiger partial charge in [0.05, 0.1) is 5.92 Å². The summed E-state index contributed by atoms with van der Waals surface area (Å²) in [4.78, 5) is 24.5. The largest absolute Gasteiger partial charge is 0.481 e. The molecule has 1 N–H and O–H groups in total. The maximum Gasteiger partial charge on any atom is 0.308 e. The second kappa shape index (κ2) is 5.87. The standard InChI is InChI=1S/C12H21NO3/c1-3-4-5-11(14)13-8-10(12(15)16)7-6-9(13)2/h9-10H,3-8H2,1-2H3,(H,15,16). The fourth-order valence-corrected chi connectivity index (χ4v) is 2.13. The van der Waals surface area contributed by atoms with Gasteiger partial charge in [0.2, 0.25) is 5.91 Å². The lowest BCUT2D eigenvalue weighted by molar-refractivity contribution is -0.147. The summed E-state index contributed by atoms with van der Waals surface area (Å²) < 4.78 is 0. The Hall–Kier alpha value is -1.06. The lowest BCUT2D eigenvalue weighted by Crippen LogP contribution is -2.47. The van der Waals surface area contributed by atoms with Gasteiger partial charge in [-0.1, -0.05) is 13.3 Å². The molecule has 0 aromatic carbocycles. The molecular weight excluding hydrogens is 206 g/mol. The highest BCUT2D eigenvalue weighted by molar-refractivity contribution is 5.78. The molecule has 1 saturated heterocycles. The Bertz CT molecular complexity index is 265. The molecule has 0 aromatic rings. The van der Waals surface area contributed by atoms with E-state index in [0.29, 0.717) is 19.4 Å². The molecule has 4 heteroatoms. The smallest absolute Gasteiger partial charge is 0.308 e. The maximum absolute atomic E-state index is 11.9. The van der Waals surface area contributed by atoms with E-state index < -0.39 is 5.97 Å². The summed E-state index contributed by atoms with van der Waals surface area (Å²) in [7, 11) is 0. The topological polar surface area (TPSA) is 57.6 Å². The third kappa shape index (κ3) is 3.22. The highest BCUT2D eigenvalue weighted by Crippen LogP contribution is 2.23. The molecule has 2 atom stereocenters. The molecule has 0 bridgehead atoms. The third-order valence-corrected chi connectivity index (χ3v) is 3.30. The van der Waals surface area contributed by atoms with E-state index in [4.69, 9.17) is 5.11 Å². The predicted octanol–water partition coefficient (Wildman–Crippen LogP) is 1.89. The zero-order chi connectivity index (χ0) is 12.1. The molecule has 0 saturated carbocycles. The minimum Gasteiger partial charge on any atom is -0.481 e. The number of amides is 1. The van der Waals surface area contributed by atoms with Crippen molar-refractivity contribution in [1.82, 2.24) is 4.90 Å². The zero-order valence-electron chi connectivity index (χ0n) is 10.1. The van der Waals surface area contributed by atoms with E-state index in [1.165, 1.54) is 0 Å². The van der Waals surface area contributed by atoms with Gasteiger partial charge in [0.15, 0.2) is 0 Å². The highest BCUT2D eigenvalue weighted by atomic mass is 16.4. The number of hydrogen-bond donors (Lipinski definition) is 1. The summed E-state index contributed by atoms with van der Waals surface area (Å²) in [5.41, 5.74) is 0. The first-order chi connectivity index (χ1) is 7.56. The normalized spacial score (nSPS) is 25.5. The minimum absolute atomic E-state index is 0.111. The van der Waals surface area contributed by atoms with Crippen molar-refractivity contribution < 1.29 is 14.7 Å². The molecule has 92 valence electrons. The van der Waals surface area contributed by atoms with Gasteiger partial charge in [0, 0.05) is 19.0 Å². The molecule has 1 heterocycles. The van der Waals surface area contributed by atoms with Crippen molar-refractivity contribution in [3.05, 3.63) is 0 Å². The molecule has 1 fully saturated rings. The number of carboxylic acids is 1. The summed E-state index contributed by atoms with van der Waals surface area (Å²) in [5.74, 6) is -1.04. The number of carbonyl (C=O) groups excluding carboxylic acids is 1. The van der Waals surface area contributed by atoms with E-state index >= 15 is 0 Å². The minimum atomic E-state index is -0.778. The monoisotopic (exact) mass is 227 g/mol. The SMILES string of the molecule is CCCCC(=O)N1CC(C(=O)O)CCC1C. The Labute approximate surface area is 96.6 Å². The van der Waals surface area contributed by atoms with Crippen molar-refractivity contribution in [2.45, 2.75) is 52.0 Å². The molecule has 0 radical (unpaired) electrons. The summed E-state index contributed by atoms with van der Waals surface area (Å²) in [6.07, 6.45) is 3.92. The number of carboxylic acid groups (broad SMARTS) is 1. The van der Waals surface area contributed by atoms with Crippen LogP contribution >= 0.6 is 0 Å². The van der Waals surface area contributed by atoms with Gasteiger partial charge in [-0.05, 0) is 26.2 Å². The molecule has 0 aliphatic carbocycles. The van der Waals surface area contributed by atoms with Crippen LogP contribution in [0.4, 0.5) is 0 Å². The van der Waals surface area contributed by atoms with Crippen LogP contribution in [0.25, 0.3) is 0 Å². The van der Waals surface area contributed by atoms with Crippen molar-refractivity contribution in [2.75, 3.05) is 6.54 Å². The average molecular weight is 227 g/mol. The van der Waals surface area contributed by atoms with Crippen LogP contribution in [0.3, 0.4) is 0 Å². The van der Waals surface area contributed by atoms with Crippen LogP contribution in [0.1, 0.15) is 46.0 Å². The Morgan fingerprint density at radius 2 is 2.06 bits per heavy atom. The van der Waals surface area contributed by atoms with Crippen LogP contribution in [0.15, 0.2) is 0 Å². The third-order valence-electron chi connectivity index (χ3n) is 3.30. The number of nitrogens with zero attached hydrogens (tertiary/aromatic N) is 1. The first-order valence-electron chi connectivity index (χ1n) is 6.08. The fraction of sp³-hybridized carbons (Fsp3) is 0.833. The van der Waals surface area contributed by atoms with Crippen molar-refractivity contribution >= 4 is 11.9 Å². The van der Waals surface area contributed by atoms with Crippen LogP contribution in [0, 0.1) is 5.92 Å². The number of aliphatic carboxylic acids is 1. The fourth-order valence-electron chi connectivity index (χ4n) is 2.13. The number of piperidine rings is 1. The quantitative estimate of drug-likeness (QED) is 0.797. The second-order valence-electron chi connectivity index (χ2n) is 4.61. The highest BCUT2D eigenvalue weighted by Gasteiger charge is 2.31. The molecule has 1 aliphatic heterocycles. The van der Waals surface area contributed by atoms with Crippen molar-refractivity contribution in [2.24, 2.45) is 5.92 Å². The Morgan fingerprint density at radius 1 is 1.38 bits per heavy atom. The van der Waals surface area contributed by atoms with Gasteiger partial charge in [0.25, 0.3) is 0 Å². The lowest BCUT2D eigenvalue weighted by Gasteiger charge is -2.36. The second-order valence-corrected chi connectivity index (χ2v) is 4.61. The summed E-state index contributed by atoms with van der Waals surface area (Å²) in [5, 5.41) is 8.96. The van der Waals surface area contributed by atoms with E-state index in [0.717, 1.165) is 19.3 Å². The lowest BCUT2D eigenvalue weighted by atomic mass is 9.93. The zero-order valence-corrected chi connectivity index (χ0v) is 10.1. The van der Waals surface area contributed by atoms with Crippen LogP contribution in [-0.4, -0.2) is 34.5 Å². The number of likely N-dealkylation sites (tertiary alicyclic amines) is 1. The average Bonchev–Trinajstić information content (AvgIpc) is 2.26. The molecule has 0 spiro atoms. The number of hydrogen-bond acceptors (Lipinski definition) is 2. The van der Waals surface area contributed by atoms with Crippen molar-refractivity contribution in [3.8, 4) is 0 Å². The van der Waals surface area contributed by atoms with Crippen LogP contribution in [-0.2, 0) is 9.59 Å². The van der Waals surface area contributed by atoms with Gasteiger partial charge in [0.1, 0.15) is 0 Å².